The molecule has 0 spiro atoms. The predicted octanol–water partition coefficient (Wildman–Crippen LogP) is 2.81. The van der Waals surface area contributed by atoms with Crippen LogP contribution in [0.3, 0.4) is 0 Å². The number of aromatic nitrogens is 2. The van der Waals surface area contributed by atoms with Crippen molar-refractivity contribution in [2.45, 2.75) is 57.2 Å². The van der Waals surface area contributed by atoms with Gasteiger partial charge < -0.3 is 11.1 Å². The highest BCUT2D eigenvalue weighted by Gasteiger charge is 2.48. The molecule has 4 N–H and O–H groups in total. The van der Waals surface area contributed by atoms with Crippen molar-refractivity contribution in [3.8, 4) is 6.07 Å². The molecule has 1 aliphatic heterocycles. The molecule has 0 aromatic carbocycles. The molecule has 1 saturated heterocycles. The number of anilines is 1. The quantitative estimate of drug-likeness (QED) is 0.649. The van der Waals surface area contributed by atoms with Crippen LogP contribution in [0.2, 0.25) is 0 Å². The third-order valence-corrected chi connectivity index (χ3v) is 6.19. The van der Waals surface area contributed by atoms with Crippen molar-refractivity contribution < 1.29 is 22.8 Å². The SMILES string of the molecule is N#CCC1CCC(N2CC(C(F)(F)F)C2)CC1.NC(=O)c1cn[nH]c1NC(=O)C1CC1. The van der Waals surface area contributed by atoms with E-state index in [2.05, 4.69) is 21.6 Å². The van der Waals surface area contributed by atoms with E-state index in [9.17, 15) is 22.8 Å². The third kappa shape index (κ3) is 6.19. The van der Waals surface area contributed by atoms with Gasteiger partial charge in [-0.25, -0.2) is 0 Å². The molecule has 0 unspecified atom stereocenters. The van der Waals surface area contributed by atoms with E-state index in [1.165, 1.54) is 6.20 Å². The average molecular weight is 440 g/mol. The molecule has 3 aliphatic rings. The van der Waals surface area contributed by atoms with E-state index in [-0.39, 0.29) is 36.3 Å². The standard InChI is InChI=1S/C12H17F3N2.C8H10N4O2/c13-12(14,15)10-7-17(8-10)11-3-1-9(2-4-11)5-6-16;9-6(13)5-3-10-12-7(5)11-8(14)4-1-2-4/h9-11H,1-5,7-8H2;3-4H,1-2H2,(H2,9,13)(H2,10,11,12,14). The van der Waals surface area contributed by atoms with Gasteiger partial charge in [-0.15, -0.1) is 0 Å². The second kappa shape index (κ2) is 9.68. The minimum atomic E-state index is -4.02. The Kier molecular flexibility index (Phi) is 7.20. The molecular formula is C20H27F3N6O2. The molecule has 2 amide bonds. The minimum absolute atomic E-state index is 0.0824. The minimum Gasteiger partial charge on any atom is -0.365 e. The summed E-state index contributed by atoms with van der Waals surface area (Å²) in [6, 6.07) is 2.50. The van der Waals surface area contributed by atoms with Crippen LogP contribution < -0.4 is 11.1 Å². The number of carbonyl (C=O) groups is 2. The van der Waals surface area contributed by atoms with Gasteiger partial charge in [0.1, 0.15) is 11.4 Å². The number of rotatable bonds is 5. The Morgan fingerprint density at radius 1 is 1.23 bits per heavy atom. The summed E-state index contributed by atoms with van der Waals surface area (Å²) < 4.78 is 37.0. The number of hydrogen-bond donors (Lipinski definition) is 3. The first-order valence-electron chi connectivity index (χ1n) is 10.5. The van der Waals surface area contributed by atoms with Crippen LogP contribution in [0.15, 0.2) is 6.20 Å². The first kappa shape index (κ1) is 23.1. The average Bonchev–Trinajstić information content (AvgIpc) is 3.41. The summed E-state index contributed by atoms with van der Waals surface area (Å²) in [5.74, 6) is -0.967. The summed E-state index contributed by atoms with van der Waals surface area (Å²) in [6.07, 6.45) is 3.58. The second-order valence-corrected chi connectivity index (χ2v) is 8.52. The van der Waals surface area contributed by atoms with Crippen molar-refractivity contribution in [1.29, 1.82) is 5.26 Å². The molecular weight excluding hydrogens is 413 g/mol. The molecule has 0 bridgehead atoms. The van der Waals surface area contributed by atoms with Crippen molar-refractivity contribution >= 4 is 17.6 Å². The zero-order chi connectivity index (χ0) is 22.6. The van der Waals surface area contributed by atoms with Gasteiger partial charge in [-0.3, -0.25) is 19.6 Å². The molecule has 2 heterocycles. The second-order valence-electron chi connectivity index (χ2n) is 8.52. The van der Waals surface area contributed by atoms with Crippen LogP contribution in [0, 0.1) is 29.1 Å². The zero-order valence-electron chi connectivity index (χ0n) is 17.1. The molecule has 8 nitrogen and oxygen atoms in total. The first-order valence-corrected chi connectivity index (χ1v) is 10.5. The molecule has 4 rings (SSSR count). The van der Waals surface area contributed by atoms with Gasteiger partial charge in [-0.1, -0.05) is 0 Å². The smallest absolute Gasteiger partial charge is 0.365 e. The van der Waals surface area contributed by atoms with Crippen LogP contribution >= 0.6 is 0 Å². The highest BCUT2D eigenvalue weighted by Crippen LogP contribution is 2.38. The summed E-state index contributed by atoms with van der Waals surface area (Å²) in [7, 11) is 0. The van der Waals surface area contributed by atoms with Gasteiger partial charge in [-0.05, 0) is 44.4 Å². The molecule has 170 valence electrons. The topological polar surface area (TPSA) is 128 Å². The lowest BCUT2D eigenvalue weighted by Gasteiger charge is -2.46. The Hall–Kier alpha value is -2.61. The van der Waals surface area contributed by atoms with Crippen molar-refractivity contribution in [3.05, 3.63) is 11.8 Å². The number of nitrogens with one attached hydrogen (secondary N) is 2. The van der Waals surface area contributed by atoms with Crippen molar-refractivity contribution in [2.24, 2.45) is 23.5 Å². The van der Waals surface area contributed by atoms with E-state index in [0.29, 0.717) is 18.4 Å². The summed E-state index contributed by atoms with van der Waals surface area (Å²) in [5, 5.41) is 17.3. The van der Waals surface area contributed by atoms with Crippen molar-refractivity contribution in [3.63, 3.8) is 0 Å². The van der Waals surface area contributed by atoms with Gasteiger partial charge in [0.15, 0.2) is 0 Å². The number of aromatic amines is 1. The number of nitrogens with two attached hydrogens (primary N) is 1. The molecule has 2 saturated carbocycles. The highest BCUT2D eigenvalue weighted by atomic mass is 19.4. The van der Waals surface area contributed by atoms with E-state index in [1.54, 1.807) is 0 Å². The number of nitrogens with zero attached hydrogens (tertiary/aromatic N) is 3. The number of likely N-dealkylation sites (tertiary alicyclic amines) is 1. The number of H-pyrrole nitrogens is 1. The van der Waals surface area contributed by atoms with Gasteiger partial charge in [-0.2, -0.15) is 23.5 Å². The Morgan fingerprint density at radius 3 is 2.39 bits per heavy atom. The highest BCUT2D eigenvalue weighted by molar-refractivity contribution is 6.02. The number of halogens is 3. The number of hydrogen-bond acceptors (Lipinski definition) is 5. The summed E-state index contributed by atoms with van der Waals surface area (Å²) in [6.45, 7) is 0.355. The number of primary amides is 1. The maximum Gasteiger partial charge on any atom is 0.394 e. The number of amides is 2. The van der Waals surface area contributed by atoms with Crippen LogP contribution in [0.4, 0.5) is 19.0 Å². The normalized spacial score (nSPS) is 24.3. The Labute approximate surface area is 178 Å². The molecule has 1 aromatic heterocycles. The van der Waals surface area contributed by atoms with Gasteiger partial charge in [0.2, 0.25) is 5.91 Å². The fourth-order valence-electron chi connectivity index (χ4n) is 4.00. The largest absolute Gasteiger partial charge is 0.394 e. The number of alkyl halides is 3. The molecule has 0 atom stereocenters. The molecule has 0 radical (unpaired) electrons. The summed E-state index contributed by atoms with van der Waals surface area (Å²) in [5.41, 5.74) is 5.28. The Balaban J connectivity index is 0.000000179. The molecule has 1 aromatic rings. The van der Waals surface area contributed by atoms with E-state index in [1.807, 2.05) is 4.90 Å². The summed E-state index contributed by atoms with van der Waals surface area (Å²) in [4.78, 5) is 24.2. The number of carbonyl (C=O) groups excluding carboxylic acids is 2. The lowest BCUT2D eigenvalue weighted by Crippen LogP contribution is -2.57. The van der Waals surface area contributed by atoms with Crippen LogP contribution in [-0.2, 0) is 4.79 Å². The van der Waals surface area contributed by atoms with E-state index in [0.717, 1.165) is 38.5 Å². The summed E-state index contributed by atoms with van der Waals surface area (Å²) >= 11 is 0. The van der Waals surface area contributed by atoms with E-state index >= 15 is 0 Å². The maximum atomic E-state index is 12.3. The van der Waals surface area contributed by atoms with Crippen molar-refractivity contribution in [2.75, 3.05) is 18.4 Å². The van der Waals surface area contributed by atoms with Crippen molar-refractivity contribution in [1.82, 2.24) is 15.1 Å². The molecule has 31 heavy (non-hydrogen) atoms. The van der Waals surface area contributed by atoms with Crippen LogP contribution in [0.25, 0.3) is 0 Å². The molecule has 3 fully saturated rings. The van der Waals surface area contributed by atoms with Crippen LogP contribution in [0.1, 0.15) is 55.3 Å². The maximum absolute atomic E-state index is 12.3. The lowest BCUT2D eigenvalue weighted by molar-refractivity contribution is -0.215. The van der Waals surface area contributed by atoms with E-state index < -0.39 is 18.0 Å². The molecule has 11 heteroatoms. The lowest BCUT2D eigenvalue weighted by atomic mass is 9.82. The number of nitriles is 1. The van der Waals surface area contributed by atoms with Gasteiger partial charge in [0.05, 0.1) is 18.2 Å². The van der Waals surface area contributed by atoms with Gasteiger partial charge in [0, 0.05) is 31.5 Å². The van der Waals surface area contributed by atoms with Gasteiger partial charge >= 0.3 is 6.18 Å². The van der Waals surface area contributed by atoms with Crippen LogP contribution in [0.5, 0.6) is 0 Å². The monoisotopic (exact) mass is 440 g/mol. The predicted molar refractivity (Wildman–Crippen MR) is 106 cm³/mol. The Bertz CT molecular complexity index is 816. The first-order chi connectivity index (χ1) is 14.7. The van der Waals surface area contributed by atoms with Crippen LogP contribution in [-0.4, -0.2) is 52.2 Å². The van der Waals surface area contributed by atoms with E-state index in [4.69, 9.17) is 11.0 Å². The molecule has 2 aliphatic carbocycles. The zero-order valence-corrected chi connectivity index (χ0v) is 17.1. The van der Waals surface area contributed by atoms with Gasteiger partial charge in [0.25, 0.3) is 5.91 Å². The third-order valence-electron chi connectivity index (χ3n) is 6.19. The fraction of sp³-hybridized carbons (Fsp3) is 0.700. The Morgan fingerprint density at radius 2 is 1.87 bits per heavy atom. The fourth-order valence-corrected chi connectivity index (χ4v) is 4.00.